The van der Waals surface area contributed by atoms with Crippen LogP contribution in [0.5, 0.6) is 0 Å². The summed E-state index contributed by atoms with van der Waals surface area (Å²) in [6, 6.07) is 15.3. The lowest BCUT2D eigenvalue weighted by Gasteiger charge is -2.26. The first-order valence-electron chi connectivity index (χ1n) is 5.77. The summed E-state index contributed by atoms with van der Waals surface area (Å²) in [4.78, 5) is 11.6. The van der Waals surface area contributed by atoms with Crippen LogP contribution in [0.4, 0.5) is 0 Å². The number of cyclic esters (lactones) is 1. The molecule has 0 aliphatic carbocycles. The smallest absolute Gasteiger partial charge is 0.311 e. The van der Waals surface area contributed by atoms with Gasteiger partial charge in [-0.15, -0.1) is 0 Å². The molecule has 0 amide bonds. The number of ether oxygens (including phenoxy) is 1. The fourth-order valence-corrected chi connectivity index (χ4v) is 2.42. The van der Waals surface area contributed by atoms with Crippen LogP contribution >= 0.6 is 11.6 Å². The van der Waals surface area contributed by atoms with E-state index in [-0.39, 0.29) is 12.1 Å². The number of rotatable bonds is 1. The second kappa shape index (κ2) is 4.46. The Bertz CT molecular complexity index is 593. The minimum atomic E-state index is -0.346. The van der Waals surface area contributed by atoms with Crippen molar-refractivity contribution in [1.82, 2.24) is 0 Å². The van der Waals surface area contributed by atoms with Crippen LogP contribution < -0.4 is 0 Å². The molecule has 0 saturated heterocycles. The van der Waals surface area contributed by atoms with Crippen LogP contribution in [0.3, 0.4) is 0 Å². The zero-order valence-corrected chi connectivity index (χ0v) is 10.4. The molecule has 1 heterocycles. The van der Waals surface area contributed by atoms with Gasteiger partial charge in [0.1, 0.15) is 0 Å². The summed E-state index contributed by atoms with van der Waals surface area (Å²) in [5.74, 6) is -0.196. The highest BCUT2D eigenvalue weighted by atomic mass is 35.5. The minimum Gasteiger partial charge on any atom is -0.452 e. The Morgan fingerprint density at radius 1 is 1.11 bits per heavy atom. The number of esters is 1. The average molecular weight is 259 g/mol. The molecular weight excluding hydrogens is 248 g/mol. The Hall–Kier alpha value is -1.80. The lowest BCUT2D eigenvalue weighted by atomic mass is 9.93. The maximum atomic E-state index is 11.6. The van der Waals surface area contributed by atoms with Crippen LogP contribution in [-0.4, -0.2) is 5.97 Å². The van der Waals surface area contributed by atoms with Crippen LogP contribution in [0.15, 0.2) is 48.5 Å². The molecule has 0 radical (unpaired) electrons. The molecule has 0 saturated carbocycles. The molecule has 0 aromatic heterocycles. The van der Waals surface area contributed by atoms with Crippen molar-refractivity contribution in [2.24, 2.45) is 0 Å². The van der Waals surface area contributed by atoms with Crippen LogP contribution in [0.1, 0.15) is 22.8 Å². The lowest BCUT2D eigenvalue weighted by Crippen LogP contribution is -2.22. The highest BCUT2D eigenvalue weighted by Gasteiger charge is 2.27. The normalized spacial score (nSPS) is 18.1. The predicted octanol–water partition coefficient (Wildman–Crippen LogP) is 3.53. The summed E-state index contributed by atoms with van der Waals surface area (Å²) >= 11 is 6.03. The summed E-state index contributed by atoms with van der Waals surface area (Å²) in [5, 5.41) is 0.660. The number of hydrogen-bond donors (Lipinski definition) is 0. The largest absolute Gasteiger partial charge is 0.452 e. The van der Waals surface area contributed by atoms with Crippen molar-refractivity contribution in [3.8, 4) is 0 Å². The van der Waals surface area contributed by atoms with Crippen molar-refractivity contribution in [1.29, 1.82) is 0 Å². The molecule has 1 aliphatic heterocycles. The van der Waals surface area contributed by atoms with Gasteiger partial charge in [0.05, 0.1) is 6.42 Å². The standard InChI is InChI=1S/C15H11ClO2/c16-12-7-6-11-8-14(17)18-15(13(11)9-12)10-4-2-1-3-5-10/h1-7,9,15H,8H2/t15-/m1/s1. The SMILES string of the molecule is O=C1Cc2ccc(Cl)cc2[C@@H](c2ccccc2)O1. The Kier molecular flexibility index (Phi) is 2.80. The number of carbonyl (C=O) groups excluding carboxylic acids is 1. The molecule has 0 N–H and O–H groups in total. The fourth-order valence-electron chi connectivity index (χ4n) is 2.24. The molecule has 2 aromatic rings. The number of benzene rings is 2. The molecule has 1 atom stereocenters. The van der Waals surface area contributed by atoms with Gasteiger partial charge in [-0.1, -0.05) is 48.0 Å². The Morgan fingerprint density at radius 2 is 1.89 bits per heavy atom. The third-order valence-electron chi connectivity index (χ3n) is 3.08. The molecule has 2 aromatic carbocycles. The van der Waals surface area contributed by atoms with E-state index in [1.807, 2.05) is 42.5 Å². The first kappa shape index (κ1) is 11.3. The molecule has 0 fully saturated rings. The first-order chi connectivity index (χ1) is 8.74. The number of hydrogen-bond acceptors (Lipinski definition) is 2. The second-order valence-corrected chi connectivity index (χ2v) is 4.74. The van der Waals surface area contributed by atoms with E-state index in [1.165, 1.54) is 0 Å². The summed E-state index contributed by atoms with van der Waals surface area (Å²) in [6.45, 7) is 0. The van der Waals surface area contributed by atoms with Gasteiger partial charge in [0.15, 0.2) is 6.10 Å². The van der Waals surface area contributed by atoms with Crippen LogP contribution in [0.25, 0.3) is 0 Å². The minimum absolute atomic E-state index is 0.196. The van der Waals surface area contributed by atoms with Crippen molar-refractivity contribution < 1.29 is 9.53 Å². The monoisotopic (exact) mass is 258 g/mol. The van der Waals surface area contributed by atoms with E-state index in [9.17, 15) is 4.79 Å². The van der Waals surface area contributed by atoms with E-state index >= 15 is 0 Å². The van der Waals surface area contributed by atoms with Crippen molar-refractivity contribution in [3.63, 3.8) is 0 Å². The molecule has 0 spiro atoms. The molecule has 3 rings (SSSR count). The summed E-state index contributed by atoms with van der Waals surface area (Å²) in [7, 11) is 0. The van der Waals surface area contributed by atoms with Gasteiger partial charge in [0.2, 0.25) is 0 Å². The Morgan fingerprint density at radius 3 is 2.67 bits per heavy atom. The first-order valence-corrected chi connectivity index (χ1v) is 6.14. The summed E-state index contributed by atoms with van der Waals surface area (Å²) < 4.78 is 5.46. The van der Waals surface area contributed by atoms with Crippen molar-refractivity contribution >= 4 is 17.6 Å². The van der Waals surface area contributed by atoms with Crippen molar-refractivity contribution in [2.45, 2.75) is 12.5 Å². The maximum absolute atomic E-state index is 11.6. The molecule has 0 bridgehead atoms. The van der Waals surface area contributed by atoms with E-state index in [0.29, 0.717) is 11.4 Å². The quantitative estimate of drug-likeness (QED) is 0.732. The van der Waals surface area contributed by atoms with Gasteiger partial charge in [-0.2, -0.15) is 0 Å². The second-order valence-electron chi connectivity index (χ2n) is 4.30. The van der Waals surface area contributed by atoms with Gasteiger partial charge in [0, 0.05) is 10.6 Å². The highest BCUT2D eigenvalue weighted by molar-refractivity contribution is 6.30. The van der Waals surface area contributed by atoms with E-state index < -0.39 is 0 Å². The number of halogens is 1. The van der Waals surface area contributed by atoms with Gasteiger partial charge >= 0.3 is 5.97 Å². The predicted molar refractivity (Wildman–Crippen MR) is 69.5 cm³/mol. The van der Waals surface area contributed by atoms with E-state index in [0.717, 1.165) is 16.7 Å². The molecule has 90 valence electrons. The maximum Gasteiger partial charge on any atom is 0.311 e. The van der Waals surface area contributed by atoms with Gasteiger partial charge < -0.3 is 4.74 Å². The topological polar surface area (TPSA) is 26.3 Å². The van der Waals surface area contributed by atoms with E-state index in [1.54, 1.807) is 6.07 Å². The molecular formula is C15H11ClO2. The molecule has 2 nitrogen and oxygen atoms in total. The number of carbonyl (C=O) groups is 1. The molecule has 0 unspecified atom stereocenters. The van der Waals surface area contributed by atoms with Crippen LogP contribution in [-0.2, 0) is 16.0 Å². The number of fused-ring (bicyclic) bond motifs is 1. The van der Waals surface area contributed by atoms with Gasteiger partial charge in [-0.3, -0.25) is 4.79 Å². The van der Waals surface area contributed by atoms with Crippen LogP contribution in [0.2, 0.25) is 5.02 Å². The Balaban J connectivity index is 2.12. The molecule has 18 heavy (non-hydrogen) atoms. The summed E-state index contributed by atoms with van der Waals surface area (Å²) in [5.41, 5.74) is 2.94. The third kappa shape index (κ3) is 2.00. The molecule has 3 heteroatoms. The van der Waals surface area contributed by atoms with E-state index in [4.69, 9.17) is 16.3 Å². The van der Waals surface area contributed by atoms with Crippen molar-refractivity contribution in [3.05, 3.63) is 70.2 Å². The van der Waals surface area contributed by atoms with E-state index in [2.05, 4.69) is 0 Å². The Labute approximate surface area is 110 Å². The van der Waals surface area contributed by atoms with Gasteiger partial charge in [-0.25, -0.2) is 0 Å². The fraction of sp³-hybridized carbons (Fsp3) is 0.133. The lowest BCUT2D eigenvalue weighted by molar-refractivity contribution is -0.148. The zero-order chi connectivity index (χ0) is 12.5. The summed E-state index contributed by atoms with van der Waals surface area (Å²) in [6.07, 6.45) is -0.0308. The zero-order valence-electron chi connectivity index (χ0n) is 9.60. The van der Waals surface area contributed by atoms with Gasteiger partial charge in [0.25, 0.3) is 0 Å². The van der Waals surface area contributed by atoms with Crippen molar-refractivity contribution in [2.75, 3.05) is 0 Å². The van der Waals surface area contributed by atoms with Gasteiger partial charge in [-0.05, 0) is 23.3 Å². The molecule has 1 aliphatic rings. The highest BCUT2D eigenvalue weighted by Crippen LogP contribution is 2.34. The third-order valence-corrected chi connectivity index (χ3v) is 3.31. The van der Waals surface area contributed by atoms with Crippen LogP contribution in [0, 0.1) is 0 Å². The average Bonchev–Trinajstić information content (AvgIpc) is 2.39.